The van der Waals surface area contributed by atoms with Crippen molar-refractivity contribution in [2.45, 2.75) is 31.7 Å². The predicted octanol–water partition coefficient (Wildman–Crippen LogP) is 3.06. The zero-order chi connectivity index (χ0) is 13.2. The van der Waals surface area contributed by atoms with E-state index in [-0.39, 0.29) is 6.04 Å². The molecule has 3 rings (SSSR count). The summed E-state index contributed by atoms with van der Waals surface area (Å²) in [4.78, 5) is 4.45. The van der Waals surface area contributed by atoms with Crippen molar-refractivity contribution in [3.05, 3.63) is 65.5 Å². The molecule has 0 radical (unpaired) electrons. The molecule has 1 aromatic heterocycles. The lowest BCUT2D eigenvalue weighted by atomic mass is 10.0. The van der Waals surface area contributed by atoms with Crippen molar-refractivity contribution in [3.63, 3.8) is 0 Å². The van der Waals surface area contributed by atoms with Gasteiger partial charge in [-0.15, -0.1) is 0 Å². The van der Waals surface area contributed by atoms with Crippen LogP contribution in [0.5, 0.6) is 0 Å². The van der Waals surface area contributed by atoms with Gasteiger partial charge in [-0.25, -0.2) is 0 Å². The Labute approximate surface area is 114 Å². The molecule has 2 aromatic rings. The Kier molecular flexibility index (Phi) is 3.34. The second kappa shape index (κ2) is 5.14. The summed E-state index contributed by atoms with van der Waals surface area (Å²) in [5, 5.41) is 0. The molecule has 0 spiro atoms. The van der Waals surface area contributed by atoms with Crippen molar-refractivity contribution < 1.29 is 0 Å². The van der Waals surface area contributed by atoms with Crippen LogP contribution in [0, 0.1) is 12.8 Å². The van der Waals surface area contributed by atoms with Gasteiger partial charge in [-0.05, 0) is 42.4 Å². The van der Waals surface area contributed by atoms with Gasteiger partial charge in [0.05, 0.1) is 0 Å². The highest BCUT2D eigenvalue weighted by molar-refractivity contribution is 5.27. The van der Waals surface area contributed by atoms with Crippen LogP contribution in [0.2, 0.25) is 0 Å². The number of hydrogen-bond acceptors (Lipinski definition) is 2. The quantitative estimate of drug-likeness (QED) is 0.908. The topological polar surface area (TPSA) is 38.9 Å². The number of hydrogen-bond donors (Lipinski definition) is 1. The fraction of sp³-hybridized carbons (Fsp3) is 0.353. The Morgan fingerprint density at radius 3 is 2.68 bits per heavy atom. The van der Waals surface area contributed by atoms with Gasteiger partial charge in [0.1, 0.15) is 0 Å². The molecule has 3 unspecified atom stereocenters. The first kappa shape index (κ1) is 12.4. The summed E-state index contributed by atoms with van der Waals surface area (Å²) in [5.74, 6) is 1.27. The van der Waals surface area contributed by atoms with Crippen molar-refractivity contribution in [2.75, 3.05) is 0 Å². The molecule has 2 heteroatoms. The lowest BCUT2D eigenvalue weighted by Crippen LogP contribution is -2.26. The molecule has 1 aliphatic carbocycles. The van der Waals surface area contributed by atoms with Gasteiger partial charge in [-0.2, -0.15) is 0 Å². The number of aryl methyl sites for hydroxylation is 1. The summed E-state index contributed by atoms with van der Waals surface area (Å²) >= 11 is 0. The van der Waals surface area contributed by atoms with Crippen molar-refractivity contribution in [2.24, 2.45) is 11.7 Å². The molecule has 1 fully saturated rings. The van der Waals surface area contributed by atoms with Crippen LogP contribution in [-0.2, 0) is 6.42 Å². The van der Waals surface area contributed by atoms with Crippen LogP contribution < -0.4 is 5.73 Å². The molecule has 1 heterocycles. The van der Waals surface area contributed by atoms with Gasteiger partial charge in [0, 0.05) is 24.4 Å². The van der Waals surface area contributed by atoms with E-state index in [1.54, 1.807) is 0 Å². The van der Waals surface area contributed by atoms with Gasteiger partial charge in [0.2, 0.25) is 0 Å². The normalized spacial score (nSPS) is 23.1. The van der Waals surface area contributed by atoms with Gasteiger partial charge in [0.25, 0.3) is 0 Å². The molecule has 98 valence electrons. The molecule has 0 aliphatic heterocycles. The summed E-state index contributed by atoms with van der Waals surface area (Å²) in [6.07, 6.45) is 4.02. The molecule has 0 bridgehead atoms. The Balaban J connectivity index is 1.61. The maximum absolute atomic E-state index is 6.34. The number of nitrogens with two attached hydrogens (primary N) is 1. The van der Waals surface area contributed by atoms with Crippen molar-refractivity contribution in [1.82, 2.24) is 4.98 Å². The van der Waals surface area contributed by atoms with Crippen LogP contribution in [0.1, 0.15) is 29.2 Å². The van der Waals surface area contributed by atoms with Crippen LogP contribution >= 0.6 is 0 Å². The smallest absolute Gasteiger partial charge is 0.0419 e. The Morgan fingerprint density at radius 2 is 2.00 bits per heavy atom. The van der Waals surface area contributed by atoms with E-state index < -0.39 is 0 Å². The molecule has 19 heavy (non-hydrogen) atoms. The Bertz CT molecular complexity index is 533. The second-order valence-corrected chi connectivity index (χ2v) is 5.61. The first-order chi connectivity index (χ1) is 9.24. The lowest BCUT2D eigenvalue weighted by Gasteiger charge is -2.11. The molecular weight excluding hydrogens is 232 g/mol. The molecule has 1 aliphatic rings. The largest absolute Gasteiger partial charge is 0.327 e. The van der Waals surface area contributed by atoms with E-state index in [1.807, 2.05) is 6.20 Å². The second-order valence-electron chi connectivity index (χ2n) is 5.61. The summed E-state index contributed by atoms with van der Waals surface area (Å²) in [5.41, 5.74) is 10.1. The number of rotatable bonds is 4. The Hall–Kier alpha value is -1.67. The minimum Gasteiger partial charge on any atom is -0.327 e. The van der Waals surface area contributed by atoms with Gasteiger partial charge in [-0.1, -0.05) is 36.4 Å². The summed E-state index contributed by atoms with van der Waals surface area (Å²) in [6.45, 7) is 2.06. The molecule has 2 nitrogen and oxygen atoms in total. The van der Waals surface area contributed by atoms with Crippen LogP contribution in [0.15, 0.2) is 48.7 Å². The highest BCUT2D eigenvalue weighted by atomic mass is 14.7. The standard InChI is InChI=1S/C17H20N2/c1-12-7-8-14(19-11-12)9-17(18)16-10-15(16)13-5-3-2-4-6-13/h2-8,11,15-17H,9-10,18H2,1H3. The van der Waals surface area contributed by atoms with E-state index in [0.29, 0.717) is 11.8 Å². The summed E-state index contributed by atoms with van der Waals surface area (Å²) in [7, 11) is 0. The fourth-order valence-electron chi connectivity index (χ4n) is 2.78. The molecule has 0 saturated heterocycles. The molecule has 1 saturated carbocycles. The average Bonchev–Trinajstić information content (AvgIpc) is 3.23. The van der Waals surface area contributed by atoms with E-state index in [2.05, 4.69) is 54.4 Å². The highest BCUT2D eigenvalue weighted by Gasteiger charge is 2.42. The third-order valence-corrected chi connectivity index (χ3v) is 4.03. The first-order valence-corrected chi connectivity index (χ1v) is 6.96. The van der Waals surface area contributed by atoms with E-state index >= 15 is 0 Å². The minimum absolute atomic E-state index is 0.223. The molecule has 3 atom stereocenters. The zero-order valence-electron chi connectivity index (χ0n) is 11.3. The minimum atomic E-state index is 0.223. The zero-order valence-corrected chi connectivity index (χ0v) is 11.3. The lowest BCUT2D eigenvalue weighted by molar-refractivity contribution is 0.571. The maximum Gasteiger partial charge on any atom is 0.0419 e. The average molecular weight is 252 g/mol. The maximum atomic E-state index is 6.34. The van der Waals surface area contributed by atoms with Crippen LogP contribution in [-0.4, -0.2) is 11.0 Å². The molecule has 0 amide bonds. The van der Waals surface area contributed by atoms with Crippen molar-refractivity contribution in [1.29, 1.82) is 0 Å². The first-order valence-electron chi connectivity index (χ1n) is 6.96. The van der Waals surface area contributed by atoms with Gasteiger partial charge in [-0.3, -0.25) is 4.98 Å². The third kappa shape index (κ3) is 2.85. The highest BCUT2D eigenvalue weighted by Crippen LogP contribution is 2.49. The SMILES string of the molecule is Cc1ccc(CC(N)C2CC2c2ccccc2)nc1. The number of pyridine rings is 1. The van der Waals surface area contributed by atoms with Gasteiger partial charge >= 0.3 is 0 Å². The van der Waals surface area contributed by atoms with E-state index in [9.17, 15) is 0 Å². The van der Waals surface area contributed by atoms with Crippen molar-refractivity contribution >= 4 is 0 Å². The third-order valence-electron chi connectivity index (χ3n) is 4.03. The molecular formula is C17H20N2. The van der Waals surface area contributed by atoms with Gasteiger partial charge in [0.15, 0.2) is 0 Å². The number of aromatic nitrogens is 1. The van der Waals surface area contributed by atoms with Crippen LogP contribution in [0.3, 0.4) is 0 Å². The van der Waals surface area contributed by atoms with E-state index in [1.165, 1.54) is 17.5 Å². The predicted molar refractivity (Wildman–Crippen MR) is 77.9 cm³/mol. The number of nitrogens with zero attached hydrogens (tertiary/aromatic N) is 1. The monoisotopic (exact) mass is 252 g/mol. The fourth-order valence-corrected chi connectivity index (χ4v) is 2.78. The summed E-state index contributed by atoms with van der Waals surface area (Å²) < 4.78 is 0. The van der Waals surface area contributed by atoms with E-state index in [0.717, 1.165) is 12.1 Å². The van der Waals surface area contributed by atoms with E-state index in [4.69, 9.17) is 5.73 Å². The summed E-state index contributed by atoms with van der Waals surface area (Å²) in [6, 6.07) is 15.1. The molecule has 1 aromatic carbocycles. The van der Waals surface area contributed by atoms with Gasteiger partial charge < -0.3 is 5.73 Å². The molecule has 2 N–H and O–H groups in total. The Morgan fingerprint density at radius 1 is 1.21 bits per heavy atom. The van der Waals surface area contributed by atoms with Crippen LogP contribution in [0.25, 0.3) is 0 Å². The number of benzene rings is 1. The van der Waals surface area contributed by atoms with Crippen molar-refractivity contribution in [3.8, 4) is 0 Å². The van der Waals surface area contributed by atoms with Crippen LogP contribution in [0.4, 0.5) is 0 Å².